The first-order valence-corrected chi connectivity index (χ1v) is 8.10. The zero-order chi connectivity index (χ0) is 15.6. The molecule has 0 radical (unpaired) electrons. The fourth-order valence-corrected chi connectivity index (χ4v) is 3.01. The molecule has 0 saturated carbocycles. The molecule has 0 aliphatic heterocycles. The standard InChI is InChI=1S/C16H14N6S/c1-11(14-10-22-8-9-23-16(22)21-14)19-15-18-7-5-13(20-15)12-4-2-3-6-17-12/h2-11H,1H3,(H,18,19,20)/t11-/m1/s1. The van der Waals surface area contributed by atoms with E-state index in [9.17, 15) is 0 Å². The maximum Gasteiger partial charge on any atom is 0.223 e. The quantitative estimate of drug-likeness (QED) is 0.623. The van der Waals surface area contributed by atoms with E-state index in [1.54, 1.807) is 23.7 Å². The van der Waals surface area contributed by atoms with Crippen LogP contribution in [0.15, 0.2) is 54.4 Å². The summed E-state index contributed by atoms with van der Waals surface area (Å²) in [4.78, 5) is 18.7. The van der Waals surface area contributed by atoms with Gasteiger partial charge in [0, 0.05) is 30.2 Å². The largest absolute Gasteiger partial charge is 0.346 e. The molecule has 0 aliphatic rings. The molecule has 0 aliphatic carbocycles. The van der Waals surface area contributed by atoms with Crippen LogP contribution in [-0.2, 0) is 0 Å². The molecule has 4 aromatic rings. The van der Waals surface area contributed by atoms with E-state index in [-0.39, 0.29) is 6.04 Å². The first kappa shape index (κ1) is 13.8. The molecule has 4 heterocycles. The van der Waals surface area contributed by atoms with Gasteiger partial charge in [0.1, 0.15) is 0 Å². The molecular weight excluding hydrogens is 308 g/mol. The number of thiazole rings is 1. The molecule has 0 amide bonds. The fraction of sp³-hybridized carbons (Fsp3) is 0.125. The highest BCUT2D eigenvalue weighted by Crippen LogP contribution is 2.20. The zero-order valence-corrected chi connectivity index (χ0v) is 13.2. The van der Waals surface area contributed by atoms with Crippen molar-refractivity contribution >= 4 is 22.2 Å². The summed E-state index contributed by atoms with van der Waals surface area (Å²) in [5, 5.41) is 5.32. The summed E-state index contributed by atoms with van der Waals surface area (Å²) in [6, 6.07) is 7.62. The lowest BCUT2D eigenvalue weighted by atomic mass is 10.2. The summed E-state index contributed by atoms with van der Waals surface area (Å²) in [6.45, 7) is 2.04. The third-order valence-corrected chi connectivity index (χ3v) is 4.25. The molecule has 1 N–H and O–H groups in total. The molecule has 4 rings (SSSR count). The molecule has 6 nitrogen and oxygen atoms in total. The molecule has 0 unspecified atom stereocenters. The Bertz CT molecular complexity index is 901. The van der Waals surface area contributed by atoms with Crippen LogP contribution in [-0.4, -0.2) is 24.3 Å². The van der Waals surface area contributed by atoms with Gasteiger partial charge in [0.25, 0.3) is 0 Å². The number of hydrogen-bond donors (Lipinski definition) is 1. The summed E-state index contributed by atoms with van der Waals surface area (Å²) >= 11 is 1.62. The molecule has 4 aromatic heterocycles. The van der Waals surface area contributed by atoms with Crippen LogP contribution in [0.1, 0.15) is 18.7 Å². The Kier molecular flexibility index (Phi) is 3.47. The Balaban J connectivity index is 1.57. The first-order chi connectivity index (χ1) is 11.3. The van der Waals surface area contributed by atoms with Gasteiger partial charge in [0.05, 0.1) is 23.1 Å². The number of imidazole rings is 1. The van der Waals surface area contributed by atoms with Crippen LogP contribution in [0.4, 0.5) is 5.95 Å². The predicted molar refractivity (Wildman–Crippen MR) is 90.4 cm³/mol. The van der Waals surface area contributed by atoms with Crippen molar-refractivity contribution < 1.29 is 0 Å². The van der Waals surface area contributed by atoms with E-state index in [1.807, 2.05) is 53.4 Å². The molecule has 23 heavy (non-hydrogen) atoms. The van der Waals surface area contributed by atoms with Crippen molar-refractivity contribution in [2.24, 2.45) is 0 Å². The normalized spacial score (nSPS) is 12.4. The number of hydrogen-bond acceptors (Lipinski definition) is 6. The average molecular weight is 322 g/mol. The van der Waals surface area contributed by atoms with E-state index in [0.717, 1.165) is 22.0 Å². The minimum Gasteiger partial charge on any atom is -0.346 e. The van der Waals surface area contributed by atoms with Crippen LogP contribution in [0.3, 0.4) is 0 Å². The lowest BCUT2D eigenvalue weighted by molar-refractivity contribution is 0.832. The van der Waals surface area contributed by atoms with Crippen molar-refractivity contribution in [1.29, 1.82) is 0 Å². The van der Waals surface area contributed by atoms with Gasteiger partial charge >= 0.3 is 0 Å². The summed E-state index contributed by atoms with van der Waals surface area (Å²) in [6.07, 6.45) is 7.51. The second-order valence-electron chi connectivity index (χ2n) is 5.11. The number of rotatable bonds is 4. The Morgan fingerprint density at radius 1 is 1.09 bits per heavy atom. The van der Waals surface area contributed by atoms with Crippen LogP contribution in [0, 0.1) is 0 Å². The molecule has 7 heteroatoms. The summed E-state index contributed by atoms with van der Waals surface area (Å²) in [7, 11) is 0. The molecule has 0 bridgehead atoms. The van der Waals surface area contributed by atoms with Gasteiger partial charge in [-0.3, -0.25) is 9.38 Å². The summed E-state index contributed by atoms with van der Waals surface area (Å²) in [5.74, 6) is 0.567. The van der Waals surface area contributed by atoms with Gasteiger partial charge in [-0.2, -0.15) is 0 Å². The lowest BCUT2D eigenvalue weighted by Gasteiger charge is -2.11. The molecule has 114 valence electrons. The SMILES string of the molecule is C[C@@H](Nc1nccc(-c2ccccn2)n1)c1cn2ccsc2n1. The summed E-state index contributed by atoms with van der Waals surface area (Å²) < 4.78 is 2.02. The third kappa shape index (κ3) is 2.78. The van der Waals surface area contributed by atoms with Gasteiger partial charge in [-0.1, -0.05) is 6.07 Å². The third-order valence-electron chi connectivity index (χ3n) is 3.48. The van der Waals surface area contributed by atoms with E-state index >= 15 is 0 Å². The van der Waals surface area contributed by atoms with Crippen LogP contribution >= 0.6 is 11.3 Å². The van der Waals surface area contributed by atoms with E-state index in [4.69, 9.17) is 0 Å². The van der Waals surface area contributed by atoms with E-state index in [1.165, 1.54) is 0 Å². The summed E-state index contributed by atoms with van der Waals surface area (Å²) in [5.41, 5.74) is 2.58. The Morgan fingerprint density at radius 2 is 2.04 bits per heavy atom. The highest BCUT2D eigenvalue weighted by molar-refractivity contribution is 7.15. The van der Waals surface area contributed by atoms with Crippen molar-refractivity contribution in [2.45, 2.75) is 13.0 Å². The molecule has 0 spiro atoms. The van der Waals surface area contributed by atoms with Crippen molar-refractivity contribution in [3.63, 3.8) is 0 Å². The average Bonchev–Trinajstić information content (AvgIpc) is 3.18. The van der Waals surface area contributed by atoms with Crippen molar-refractivity contribution in [3.8, 4) is 11.4 Å². The highest BCUT2D eigenvalue weighted by Gasteiger charge is 2.12. The van der Waals surface area contributed by atoms with Crippen LogP contribution in [0.25, 0.3) is 16.3 Å². The molecule has 0 fully saturated rings. The monoisotopic (exact) mass is 322 g/mol. The number of fused-ring (bicyclic) bond motifs is 1. The molecule has 0 aromatic carbocycles. The Morgan fingerprint density at radius 3 is 2.87 bits per heavy atom. The van der Waals surface area contributed by atoms with Gasteiger partial charge in [0.15, 0.2) is 4.96 Å². The number of nitrogens with one attached hydrogen (secondary N) is 1. The number of nitrogens with zero attached hydrogens (tertiary/aromatic N) is 5. The lowest BCUT2D eigenvalue weighted by Crippen LogP contribution is -2.10. The van der Waals surface area contributed by atoms with Gasteiger partial charge in [-0.25, -0.2) is 15.0 Å². The van der Waals surface area contributed by atoms with Crippen molar-refractivity contribution in [2.75, 3.05) is 5.32 Å². The maximum absolute atomic E-state index is 4.60. The second kappa shape index (κ2) is 5.77. The van der Waals surface area contributed by atoms with E-state index in [2.05, 4.69) is 25.3 Å². The first-order valence-electron chi connectivity index (χ1n) is 7.23. The number of pyridine rings is 1. The van der Waals surface area contributed by atoms with Gasteiger partial charge < -0.3 is 5.32 Å². The highest BCUT2D eigenvalue weighted by atomic mass is 32.1. The molecule has 0 saturated heterocycles. The number of aromatic nitrogens is 5. The van der Waals surface area contributed by atoms with Crippen LogP contribution in [0.2, 0.25) is 0 Å². The molecule has 1 atom stereocenters. The Hall–Kier alpha value is -2.80. The topological polar surface area (TPSA) is 68.0 Å². The second-order valence-corrected chi connectivity index (χ2v) is 5.98. The van der Waals surface area contributed by atoms with Crippen molar-refractivity contribution in [3.05, 3.63) is 60.1 Å². The zero-order valence-electron chi connectivity index (χ0n) is 12.4. The van der Waals surface area contributed by atoms with Gasteiger partial charge in [-0.15, -0.1) is 11.3 Å². The minimum atomic E-state index is 0.0149. The minimum absolute atomic E-state index is 0.0149. The maximum atomic E-state index is 4.60. The molecular formula is C16H14N6S. The van der Waals surface area contributed by atoms with Crippen LogP contribution < -0.4 is 5.32 Å². The van der Waals surface area contributed by atoms with Crippen LogP contribution in [0.5, 0.6) is 0 Å². The van der Waals surface area contributed by atoms with Gasteiger partial charge in [0.2, 0.25) is 5.95 Å². The Labute approximate surface area is 136 Å². The van der Waals surface area contributed by atoms with Gasteiger partial charge in [-0.05, 0) is 25.1 Å². The fourth-order valence-electron chi connectivity index (χ4n) is 2.31. The van der Waals surface area contributed by atoms with E-state index < -0.39 is 0 Å². The number of anilines is 1. The smallest absolute Gasteiger partial charge is 0.223 e. The van der Waals surface area contributed by atoms with E-state index in [0.29, 0.717) is 5.95 Å². The predicted octanol–water partition coefficient (Wildman–Crippen LogP) is 3.42. The van der Waals surface area contributed by atoms with Crippen molar-refractivity contribution in [1.82, 2.24) is 24.3 Å².